The predicted molar refractivity (Wildman–Crippen MR) is 88.8 cm³/mol. The number of ether oxygens (including phenoxy) is 1. The molecule has 0 bridgehead atoms. The van der Waals surface area contributed by atoms with Crippen LogP contribution in [0.3, 0.4) is 0 Å². The van der Waals surface area contributed by atoms with Gasteiger partial charge in [-0.3, -0.25) is 10.1 Å². The lowest BCUT2D eigenvalue weighted by Crippen LogP contribution is -2.41. The lowest BCUT2D eigenvalue weighted by Gasteiger charge is -2.17. The summed E-state index contributed by atoms with van der Waals surface area (Å²) in [6.07, 6.45) is -1.24. The Bertz CT molecular complexity index is 758. The summed E-state index contributed by atoms with van der Waals surface area (Å²) in [6, 6.07) is 7.81. The maximum atomic E-state index is 12.4. The molecule has 1 aromatic carbocycles. The van der Waals surface area contributed by atoms with E-state index in [4.69, 9.17) is 4.74 Å². The third-order valence-corrected chi connectivity index (χ3v) is 4.17. The highest BCUT2D eigenvalue weighted by Gasteiger charge is 2.28. The first-order valence-corrected chi connectivity index (χ1v) is 7.96. The fraction of sp³-hybridized carbons (Fsp3) is 0.250. The number of hydrogen-bond donors (Lipinski definition) is 2. The first kappa shape index (κ1) is 17.6. The van der Waals surface area contributed by atoms with Crippen molar-refractivity contribution in [1.29, 1.82) is 0 Å². The van der Waals surface area contributed by atoms with Crippen LogP contribution in [0.5, 0.6) is 0 Å². The van der Waals surface area contributed by atoms with Gasteiger partial charge in [-0.1, -0.05) is 30.3 Å². The fourth-order valence-electron chi connectivity index (χ4n) is 2.02. The molecule has 126 valence electrons. The summed E-state index contributed by atoms with van der Waals surface area (Å²) in [5.74, 6) is -1.38. The molecule has 3 amide bonds. The van der Waals surface area contributed by atoms with Crippen LogP contribution < -0.4 is 10.6 Å². The molecule has 0 radical (unpaired) electrons. The monoisotopic (exact) mass is 347 g/mol. The number of thiazole rings is 1. The summed E-state index contributed by atoms with van der Waals surface area (Å²) in [5, 5.41) is 5.13. The zero-order chi connectivity index (χ0) is 17.7. The number of aryl methyl sites for hydroxylation is 2. The molecular formula is C16H17N3O4S. The number of aromatic nitrogens is 1. The number of urea groups is 1. The Morgan fingerprint density at radius 1 is 1.17 bits per heavy atom. The normalized spacial score (nSPS) is 11.5. The molecule has 7 nitrogen and oxygen atoms in total. The number of carbonyl (C=O) groups excluding carboxylic acids is 3. The van der Waals surface area contributed by atoms with E-state index >= 15 is 0 Å². The van der Waals surface area contributed by atoms with Gasteiger partial charge in [-0.2, -0.15) is 0 Å². The first-order valence-electron chi connectivity index (χ1n) is 7.15. The van der Waals surface area contributed by atoms with E-state index in [9.17, 15) is 14.4 Å². The van der Waals surface area contributed by atoms with Crippen molar-refractivity contribution >= 4 is 29.2 Å². The largest absolute Gasteiger partial charge is 0.443 e. The van der Waals surface area contributed by atoms with E-state index in [0.717, 1.165) is 5.01 Å². The predicted octanol–water partition coefficient (Wildman–Crippen LogP) is 2.11. The molecule has 1 unspecified atom stereocenters. The van der Waals surface area contributed by atoms with Gasteiger partial charge in [0.05, 0.1) is 10.7 Å². The standard InChI is InChI=1S/C16H17N3O4S/c1-9-13(24-10(2)18-9)15(21)23-12(11-7-5-4-6-8-11)14(20)19-16(22)17-3/h4-8,12H,1-3H3,(H2,17,19,20,22). The second kappa shape index (κ2) is 7.69. The number of nitrogens with one attached hydrogen (secondary N) is 2. The number of rotatable bonds is 4. The number of imide groups is 1. The second-order valence-corrected chi connectivity index (χ2v) is 6.12. The van der Waals surface area contributed by atoms with Gasteiger partial charge in [0, 0.05) is 12.6 Å². The Morgan fingerprint density at radius 3 is 2.38 bits per heavy atom. The van der Waals surface area contributed by atoms with Gasteiger partial charge in [0.2, 0.25) is 6.10 Å². The van der Waals surface area contributed by atoms with Crippen LogP contribution in [0, 0.1) is 13.8 Å². The van der Waals surface area contributed by atoms with Gasteiger partial charge in [-0.05, 0) is 13.8 Å². The smallest absolute Gasteiger partial charge is 0.351 e. The molecule has 8 heteroatoms. The molecule has 24 heavy (non-hydrogen) atoms. The number of nitrogens with zero attached hydrogens (tertiary/aromatic N) is 1. The van der Waals surface area contributed by atoms with Gasteiger partial charge in [0.15, 0.2) is 0 Å². The fourth-order valence-corrected chi connectivity index (χ4v) is 2.82. The average Bonchev–Trinajstić information content (AvgIpc) is 2.91. The van der Waals surface area contributed by atoms with Crippen molar-refractivity contribution in [2.24, 2.45) is 0 Å². The van der Waals surface area contributed by atoms with Crippen LogP contribution in [0.4, 0.5) is 4.79 Å². The van der Waals surface area contributed by atoms with Crippen molar-refractivity contribution in [3.8, 4) is 0 Å². The molecule has 1 atom stereocenters. The molecule has 0 saturated heterocycles. The summed E-state index contributed by atoms with van der Waals surface area (Å²) in [6.45, 7) is 3.48. The van der Waals surface area contributed by atoms with E-state index in [2.05, 4.69) is 15.6 Å². The van der Waals surface area contributed by atoms with E-state index in [-0.39, 0.29) is 0 Å². The van der Waals surface area contributed by atoms with Gasteiger partial charge in [-0.25, -0.2) is 14.6 Å². The molecule has 0 aliphatic rings. The van der Waals surface area contributed by atoms with E-state index in [1.54, 1.807) is 44.2 Å². The molecule has 0 fully saturated rings. The number of carbonyl (C=O) groups is 3. The van der Waals surface area contributed by atoms with Crippen LogP contribution in [0.2, 0.25) is 0 Å². The van der Waals surface area contributed by atoms with Gasteiger partial charge in [0.25, 0.3) is 5.91 Å². The minimum absolute atomic E-state index is 0.334. The van der Waals surface area contributed by atoms with Gasteiger partial charge >= 0.3 is 12.0 Å². The Kier molecular flexibility index (Phi) is 5.64. The molecule has 0 aliphatic heterocycles. The first-order chi connectivity index (χ1) is 11.4. The summed E-state index contributed by atoms with van der Waals surface area (Å²) in [5.41, 5.74) is 1.01. The molecule has 2 rings (SSSR count). The summed E-state index contributed by atoms with van der Waals surface area (Å²) < 4.78 is 5.36. The third kappa shape index (κ3) is 4.17. The quantitative estimate of drug-likeness (QED) is 0.826. The van der Waals surface area contributed by atoms with Crippen molar-refractivity contribution in [2.75, 3.05) is 7.05 Å². The molecular weight excluding hydrogens is 330 g/mol. The van der Waals surface area contributed by atoms with Crippen LogP contribution in [0.15, 0.2) is 30.3 Å². The van der Waals surface area contributed by atoms with E-state index in [1.807, 2.05) is 0 Å². The van der Waals surface area contributed by atoms with Crippen LogP contribution in [0.25, 0.3) is 0 Å². The average molecular weight is 347 g/mol. The minimum atomic E-state index is -1.24. The van der Waals surface area contributed by atoms with E-state index < -0.39 is 24.0 Å². The summed E-state index contributed by atoms with van der Waals surface area (Å²) >= 11 is 1.19. The number of hydrogen-bond acceptors (Lipinski definition) is 6. The lowest BCUT2D eigenvalue weighted by atomic mass is 10.1. The maximum Gasteiger partial charge on any atom is 0.351 e. The highest BCUT2D eigenvalue weighted by Crippen LogP contribution is 2.23. The third-order valence-electron chi connectivity index (χ3n) is 3.12. The van der Waals surface area contributed by atoms with Crippen LogP contribution in [-0.4, -0.2) is 29.9 Å². The maximum absolute atomic E-state index is 12.4. The lowest BCUT2D eigenvalue weighted by molar-refractivity contribution is -0.129. The summed E-state index contributed by atoms with van der Waals surface area (Å²) in [7, 11) is 1.38. The molecule has 2 N–H and O–H groups in total. The highest BCUT2D eigenvalue weighted by atomic mass is 32.1. The SMILES string of the molecule is CNC(=O)NC(=O)C(OC(=O)c1sc(C)nc1C)c1ccccc1. The van der Waals surface area contributed by atoms with Gasteiger partial charge in [-0.15, -0.1) is 11.3 Å². The van der Waals surface area contributed by atoms with Crippen LogP contribution in [-0.2, 0) is 9.53 Å². The molecule has 2 aromatic rings. The highest BCUT2D eigenvalue weighted by molar-refractivity contribution is 7.13. The van der Waals surface area contributed by atoms with Crippen molar-refractivity contribution < 1.29 is 19.1 Å². The van der Waals surface area contributed by atoms with Gasteiger partial charge < -0.3 is 10.1 Å². The van der Waals surface area contributed by atoms with Crippen molar-refractivity contribution in [3.63, 3.8) is 0 Å². The molecule has 0 aliphatic carbocycles. The zero-order valence-corrected chi connectivity index (χ0v) is 14.3. The zero-order valence-electron chi connectivity index (χ0n) is 13.5. The second-order valence-electron chi connectivity index (χ2n) is 4.91. The van der Waals surface area contributed by atoms with Crippen molar-refractivity contribution in [3.05, 3.63) is 51.5 Å². The van der Waals surface area contributed by atoms with E-state index in [1.165, 1.54) is 18.4 Å². The Labute approximate surface area is 143 Å². The molecule has 0 spiro atoms. The van der Waals surface area contributed by atoms with Crippen molar-refractivity contribution in [2.45, 2.75) is 20.0 Å². The molecule has 0 saturated carbocycles. The topological polar surface area (TPSA) is 97.4 Å². The number of esters is 1. The summed E-state index contributed by atoms with van der Waals surface area (Å²) in [4.78, 5) is 40.6. The number of amides is 3. The Hall–Kier alpha value is -2.74. The van der Waals surface area contributed by atoms with Gasteiger partial charge in [0.1, 0.15) is 4.88 Å². The Balaban J connectivity index is 2.26. The number of benzene rings is 1. The Morgan fingerprint density at radius 2 is 1.83 bits per heavy atom. The minimum Gasteiger partial charge on any atom is -0.443 e. The van der Waals surface area contributed by atoms with Crippen LogP contribution >= 0.6 is 11.3 Å². The molecule has 1 heterocycles. The van der Waals surface area contributed by atoms with Crippen molar-refractivity contribution in [1.82, 2.24) is 15.6 Å². The molecule has 1 aromatic heterocycles. The van der Waals surface area contributed by atoms with E-state index in [0.29, 0.717) is 16.1 Å². The van der Waals surface area contributed by atoms with Crippen LogP contribution in [0.1, 0.15) is 32.0 Å².